The number of carbonyl (C=O) groups excluding carboxylic acids is 1. The Morgan fingerprint density at radius 3 is 2.16 bits per heavy atom. The van der Waals surface area contributed by atoms with Crippen LogP contribution in [0.25, 0.3) is 11.3 Å². The van der Waals surface area contributed by atoms with Gasteiger partial charge in [-0.3, -0.25) is 4.68 Å². The molecule has 0 aliphatic carbocycles. The minimum atomic E-state index is -3.95. The number of carbonyl (C=O) groups is 1. The van der Waals surface area contributed by atoms with Crippen LogP contribution in [0.1, 0.15) is 15.9 Å². The SMILES string of the molecule is Cn1nc(-c2ccccc2)c(COC(=O)c2ccc(F)cc2)c1S(=O)(=O)c1ccccc1. The van der Waals surface area contributed by atoms with Crippen molar-refractivity contribution in [3.63, 3.8) is 0 Å². The lowest BCUT2D eigenvalue weighted by Crippen LogP contribution is -2.12. The van der Waals surface area contributed by atoms with E-state index in [4.69, 9.17) is 4.74 Å². The van der Waals surface area contributed by atoms with Crippen LogP contribution in [0, 0.1) is 5.82 Å². The Hall–Kier alpha value is -3.78. The summed E-state index contributed by atoms with van der Waals surface area (Å²) in [7, 11) is -2.41. The second kappa shape index (κ2) is 8.76. The Labute approximate surface area is 184 Å². The molecule has 0 unspecified atom stereocenters. The van der Waals surface area contributed by atoms with Gasteiger partial charge in [-0.1, -0.05) is 48.5 Å². The summed E-state index contributed by atoms with van der Waals surface area (Å²) in [6.07, 6.45) is 0. The van der Waals surface area contributed by atoms with Crippen molar-refractivity contribution < 1.29 is 22.3 Å². The van der Waals surface area contributed by atoms with Gasteiger partial charge in [0.25, 0.3) is 0 Å². The first-order valence-corrected chi connectivity index (χ1v) is 11.2. The van der Waals surface area contributed by atoms with Crippen LogP contribution >= 0.6 is 0 Å². The van der Waals surface area contributed by atoms with Crippen molar-refractivity contribution in [2.75, 3.05) is 0 Å². The number of rotatable bonds is 6. The highest BCUT2D eigenvalue weighted by atomic mass is 32.2. The van der Waals surface area contributed by atoms with E-state index in [0.717, 1.165) is 12.1 Å². The third-order valence-corrected chi connectivity index (χ3v) is 6.78. The fraction of sp³-hybridized carbons (Fsp3) is 0.0833. The zero-order valence-electron chi connectivity index (χ0n) is 17.1. The number of ether oxygens (including phenoxy) is 1. The molecule has 32 heavy (non-hydrogen) atoms. The highest BCUT2D eigenvalue weighted by Gasteiger charge is 2.30. The van der Waals surface area contributed by atoms with Gasteiger partial charge in [-0.2, -0.15) is 5.10 Å². The van der Waals surface area contributed by atoms with E-state index < -0.39 is 21.6 Å². The number of halogens is 1. The Bertz CT molecular complexity index is 1350. The second-order valence-corrected chi connectivity index (χ2v) is 8.89. The van der Waals surface area contributed by atoms with E-state index in [-0.39, 0.29) is 27.7 Å². The molecule has 3 aromatic carbocycles. The number of esters is 1. The van der Waals surface area contributed by atoms with E-state index in [1.54, 1.807) is 30.3 Å². The molecule has 0 spiro atoms. The molecule has 8 heteroatoms. The van der Waals surface area contributed by atoms with Gasteiger partial charge in [0.05, 0.1) is 16.0 Å². The number of benzene rings is 3. The topological polar surface area (TPSA) is 78.3 Å². The van der Waals surface area contributed by atoms with Crippen molar-refractivity contribution in [3.8, 4) is 11.3 Å². The lowest BCUT2D eigenvalue weighted by Gasteiger charge is -2.10. The summed E-state index contributed by atoms with van der Waals surface area (Å²) in [5.74, 6) is -1.17. The number of aryl methyl sites for hydroxylation is 1. The van der Waals surface area contributed by atoms with Gasteiger partial charge in [-0.15, -0.1) is 0 Å². The molecule has 0 fully saturated rings. The fourth-order valence-electron chi connectivity index (χ4n) is 3.36. The molecular formula is C24H19FN2O4S. The van der Waals surface area contributed by atoms with Gasteiger partial charge in [-0.05, 0) is 36.4 Å². The fourth-order valence-corrected chi connectivity index (χ4v) is 4.97. The van der Waals surface area contributed by atoms with Crippen LogP contribution in [-0.2, 0) is 28.2 Å². The van der Waals surface area contributed by atoms with Gasteiger partial charge in [0.2, 0.25) is 9.84 Å². The molecule has 4 rings (SSSR count). The number of aromatic nitrogens is 2. The summed E-state index contributed by atoms with van der Waals surface area (Å²) in [5, 5.41) is 4.37. The number of nitrogens with zero attached hydrogens (tertiary/aromatic N) is 2. The minimum Gasteiger partial charge on any atom is -0.457 e. The van der Waals surface area contributed by atoms with Crippen molar-refractivity contribution >= 4 is 15.8 Å². The lowest BCUT2D eigenvalue weighted by atomic mass is 10.1. The number of sulfone groups is 1. The van der Waals surface area contributed by atoms with Crippen LogP contribution in [0.15, 0.2) is 94.9 Å². The Morgan fingerprint density at radius 1 is 0.938 bits per heavy atom. The molecular weight excluding hydrogens is 431 g/mol. The van der Waals surface area contributed by atoms with E-state index in [0.29, 0.717) is 11.3 Å². The molecule has 162 valence electrons. The van der Waals surface area contributed by atoms with Gasteiger partial charge in [0.1, 0.15) is 18.1 Å². The Morgan fingerprint density at radius 2 is 1.53 bits per heavy atom. The summed E-state index contributed by atoms with van der Waals surface area (Å²) in [4.78, 5) is 12.6. The molecule has 0 saturated carbocycles. The number of hydrogen-bond donors (Lipinski definition) is 0. The molecule has 0 saturated heterocycles. The average molecular weight is 450 g/mol. The van der Waals surface area contributed by atoms with Gasteiger partial charge < -0.3 is 4.74 Å². The molecule has 4 aromatic rings. The maximum absolute atomic E-state index is 13.4. The zero-order valence-corrected chi connectivity index (χ0v) is 17.9. The molecule has 0 atom stereocenters. The molecule has 1 aromatic heterocycles. The zero-order chi connectivity index (χ0) is 22.7. The third kappa shape index (κ3) is 4.17. The summed E-state index contributed by atoms with van der Waals surface area (Å²) >= 11 is 0. The monoisotopic (exact) mass is 450 g/mol. The van der Waals surface area contributed by atoms with Crippen LogP contribution in [-0.4, -0.2) is 24.2 Å². The quantitative estimate of drug-likeness (QED) is 0.407. The predicted octanol–water partition coefficient (Wildman–Crippen LogP) is 4.42. The molecule has 0 amide bonds. The highest BCUT2D eigenvalue weighted by molar-refractivity contribution is 7.91. The number of hydrogen-bond acceptors (Lipinski definition) is 5. The van der Waals surface area contributed by atoms with Crippen LogP contribution in [0.3, 0.4) is 0 Å². The van der Waals surface area contributed by atoms with Crippen molar-refractivity contribution in [2.45, 2.75) is 16.5 Å². The summed E-state index contributed by atoms with van der Waals surface area (Å²) in [6.45, 7) is -0.324. The molecule has 1 heterocycles. The van der Waals surface area contributed by atoms with Gasteiger partial charge in [0.15, 0.2) is 5.03 Å². The first-order chi connectivity index (χ1) is 15.4. The van der Waals surface area contributed by atoms with Crippen LogP contribution in [0.2, 0.25) is 0 Å². The average Bonchev–Trinajstić information content (AvgIpc) is 3.16. The third-order valence-electron chi connectivity index (χ3n) is 4.87. The standard InChI is InChI=1S/C24H19FN2O4S/c1-27-23(32(29,30)20-10-6-3-7-11-20)21(22(26-27)17-8-4-2-5-9-17)16-31-24(28)18-12-14-19(25)15-13-18/h2-15H,16H2,1H3. The first kappa shape index (κ1) is 21.5. The molecule has 0 N–H and O–H groups in total. The second-order valence-electron chi connectivity index (χ2n) is 7.02. The van der Waals surface area contributed by atoms with Crippen LogP contribution < -0.4 is 0 Å². The summed E-state index contributed by atoms with van der Waals surface area (Å²) in [6, 6.07) is 22.0. The van der Waals surface area contributed by atoms with E-state index in [9.17, 15) is 17.6 Å². The van der Waals surface area contributed by atoms with Gasteiger partial charge in [0, 0.05) is 12.6 Å². The normalized spacial score (nSPS) is 11.3. The molecule has 0 radical (unpaired) electrons. The smallest absolute Gasteiger partial charge is 0.338 e. The minimum absolute atomic E-state index is 0.0607. The molecule has 0 aliphatic rings. The molecule has 0 aliphatic heterocycles. The van der Waals surface area contributed by atoms with Crippen LogP contribution in [0.4, 0.5) is 4.39 Å². The molecule has 6 nitrogen and oxygen atoms in total. The van der Waals surface area contributed by atoms with Crippen LogP contribution in [0.5, 0.6) is 0 Å². The molecule has 0 bridgehead atoms. The maximum atomic E-state index is 13.4. The van der Waals surface area contributed by atoms with Gasteiger partial charge in [-0.25, -0.2) is 17.6 Å². The van der Waals surface area contributed by atoms with E-state index in [2.05, 4.69) is 5.10 Å². The first-order valence-electron chi connectivity index (χ1n) is 9.72. The van der Waals surface area contributed by atoms with E-state index in [1.165, 1.54) is 36.0 Å². The van der Waals surface area contributed by atoms with E-state index in [1.807, 2.05) is 18.2 Å². The van der Waals surface area contributed by atoms with Crippen molar-refractivity contribution in [2.24, 2.45) is 7.05 Å². The summed E-state index contributed by atoms with van der Waals surface area (Å²) < 4.78 is 46.7. The highest BCUT2D eigenvalue weighted by Crippen LogP contribution is 2.32. The predicted molar refractivity (Wildman–Crippen MR) is 116 cm³/mol. The Balaban J connectivity index is 1.78. The van der Waals surface area contributed by atoms with Crippen molar-refractivity contribution in [1.82, 2.24) is 9.78 Å². The maximum Gasteiger partial charge on any atom is 0.338 e. The largest absolute Gasteiger partial charge is 0.457 e. The summed E-state index contributed by atoms with van der Waals surface area (Å²) in [5.41, 5.74) is 1.50. The lowest BCUT2D eigenvalue weighted by molar-refractivity contribution is 0.0469. The van der Waals surface area contributed by atoms with Crippen molar-refractivity contribution in [3.05, 3.63) is 102 Å². The van der Waals surface area contributed by atoms with Crippen molar-refractivity contribution in [1.29, 1.82) is 0 Å². The van der Waals surface area contributed by atoms with Gasteiger partial charge >= 0.3 is 5.97 Å². The van der Waals surface area contributed by atoms with E-state index >= 15 is 0 Å². The Kier molecular flexibility index (Phi) is 5.87.